The smallest absolute Gasteiger partial charge is 0.251 e. The van der Waals surface area contributed by atoms with E-state index in [0.29, 0.717) is 24.3 Å². The van der Waals surface area contributed by atoms with Crippen LogP contribution in [0.25, 0.3) is 0 Å². The highest BCUT2D eigenvalue weighted by atomic mass is 16.1. The van der Waals surface area contributed by atoms with E-state index in [2.05, 4.69) is 10.4 Å². The molecule has 1 amide bonds. The van der Waals surface area contributed by atoms with Crippen LogP contribution in [0.1, 0.15) is 21.5 Å². The number of hydrogen-bond donors (Lipinski definition) is 2. The Morgan fingerprint density at radius 1 is 1.42 bits per heavy atom. The third kappa shape index (κ3) is 3.13. The summed E-state index contributed by atoms with van der Waals surface area (Å²) in [5.74, 6) is -0.103. The zero-order valence-electron chi connectivity index (χ0n) is 11.2. The van der Waals surface area contributed by atoms with Crippen molar-refractivity contribution < 1.29 is 4.79 Å². The molecule has 0 spiro atoms. The van der Waals surface area contributed by atoms with Crippen molar-refractivity contribution in [3.8, 4) is 0 Å². The van der Waals surface area contributed by atoms with Gasteiger partial charge in [-0.1, -0.05) is 6.07 Å². The third-order valence-corrected chi connectivity index (χ3v) is 3.01. The van der Waals surface area contributed by atoms with Crippen LogP contribution in [0.4, 0.5) is 5.69 Å². The summed E-state index contributed by atoms with van der Waals surface area (Å²) in [6.45, 7) is 5.02. The van der Waals surface area contributed by atoms with Crippen molar-refractivity contribution in [3.05, 3.63) is 47.3 Å². The molecule has 0 fully saturated rings. The van der Waals surface area contributed by atoms with Gasteiger partial charge in [-0.05, 0) is 37.1 Å². The predicted octanol–water partition coefficient (Wildman–Crippen LogP) is 1.51. The second-order valence-electron chi connectivity index (χ2n) is 4.56. The summed E-state index contributed by atoms with van der Waals surface area (Å²) in [5.41, 5.74) is 8.97. The van der Waals surface area contributed by atoms with Crippen molar-refractivity contribution in [2.45, 2.75) is 20.4 Å². The van der Waals surface area contributed by atoms with Gasteiger partial charge in [0.1, 0.15) is 0 Å². The Kier molecular flexibility index (Phi) is 3.85. The minimum absolute atomic E-state index is 0.103. The highest BCUT2D eigenvalue weighted by Gasteiger charge is 2.09. The van der Waals surface area contributed by atoms with E-state index in [-0.39, 0.29) is 5.91 Å². The van der Waals surface area contributed by atoms with E-state index in [1.54, 1.807) is 24.4 Å². The maximum absolute atomic E-state index is 12.0. The van der Waals surface area contributed by atoms with Crippen molar-refractivity contribution in [3.63, 3.8) is 0 Å². The Labute approximate surface area is 112 Å². The van der Waals surface area contributed by atoms with Crippen LogP contribution in [0.3, 0.4) is 0 Å². The van der Waals surface area contributed by atoms with Crippen LogP contribution in [0.2, 0.25) is 0 Å². The Morgan fingerprint density at radius 3 is 2.89 bits per heavy atom. The summed E-state index contributed by atoms with van der Waals surface area (Å²) in [7, 11) is 0. The molecular weight excluding hydrogens is 240 g/mol. The molecule has 1 heterocycles. The lowest BCUT2D eigenvalue weighted by atomic mass is 10.1. The molecule has 5 heteroatoms. The minimum Gasteiger partial charge on any atom is -0.398 e. The van der Waals surface area contributed by atoms with Gasteiger partial charge in [0.05, 0.1) is 12.7 Å². The number of carbonyl (C=O) groups is 1. The molecular formula is C14H18N4O. The lowest BCUT2D eigenvalue weighted by molar-refractivity contribution is 0.0951. The normalized spacial score (nSPS) is 10.4. The van der Waals surface area contributed by atoms with Gasteiger partial charge >= 0.3 is 0 Å². The van der Waals surface area contributed by atoms with Crippen LogP contribution in [-0.4, -0.2) is 22.2 Å². The summed E-state index contributed by atoms with van der Waals surface area (Å²) in [5, 5.41) is 7.03. The summed E-state index contributed by atoms with van der Waals surface area (Å²) >= 11 is 0. The monoisotopic (exact) mass is 258 g/mol. The number of aromatic nitrogens is 2. The van der Waals surface area contributed by atoms with E-state index in [4.69, 9.17) is 5.73 Å². The number of anilines is 1. The highest BCUT2D eigenvalue weighted by molar-refractivity contribution is 5.96. The highest BCUT2D eigenvalue weighted by Crippen LogP contribution is 2.15. The molecule has 19 heavy (non-hydrogen) atoms. The number of aryl methyl sites for hydroxylation is 1. The minimum atomic E-state index is -0.103. The Balaban J connectivity index is 1.93. The molecule has 0 aliphatic rings. The fraction of sp³-hybridized carbons (Fsp3) is 0.286. The van der Waals surface area contributed by atoms with E-state index in [0.717, 1.165) is 11.1 Å². The number of nitrogens with two attached hydrogens (primary N) is 1. The van der Waals surface area contributed by atoms with Gasteiger partial charge in [0, 0.05) is 24.0 Å². The van der Waals surface area contributed by atoms with Gasteiger partial charge in [-0.25, -0.2) is 0 Å². The Bertz CT molecular complexity index is 589. The summed E-state index contributed by atoms with van der Waals surface area (Å²) in [6, 6.07) is 5.35. The third-order valence-electron chi connectivity index (χ3n) is 3.01. The van der Waals surface area contributed by atoms with Crippen LogP contribution in [0.15, 0.2) is 30.6 Å². The first-order chi connectivity index (χ1) is 9.08. The van der Waals surface area contributed by atoms with Gasteiger partial charge in [-0.3, -0.25) is 9.48 Å². The molecule has 0 saturated heterocycles. The predicted molar refractivity (Wildman–Crippen MR) is 74.9 cm³/mol. The first kappa shape index (κ1) is 13.1. The lowest BCUT2D eigenvalue weighted by Gasteiger charge is -2.09. The van der Waals surface area contributed by atoms with Gasteiger partial charge < -0.3 is 11.1 Å². The lowest BCUT2D eigenvalue weighted by Crippen LogP contribution is -2.28. The molecule has 0 saturated carbocycles. The van der Waals surface area contributed by atoms with E-state index in [1.807, 2.05) is 24.7 Å². The average Bonchev–Trinajstić information content (AvgIpc) is 2.78. The summed E-state index contributed by atoms with van der Waals surface area (Å²) in [4.78, 5) is 12.0. The second kappa shape index (κ2) is 5.56. The fourth-order valence-corrected chi connectivity index (χ4v) is 1.87. The quantitative estimate of drug-likeness (QED) is 0.816. The SMILES string of the molecule is Cc1cnn(CCNC(=O)c2cccc(N)c2C)c1. The van der Waals surface area contributed by atoms with Crippen LogP contribution in [0.5, 0.6) is 0 Å². The second-order valence-corrected chi connectivity index (χ2v) is 4.56. The molecule has 0 bridgehead atoms. The summed E-state index contributed by atoms with van der Waals surface area (Å²) in [6.07, 6.45) is 3.74. The Morgan fingerprint density at radius 2 is 2.21 bits per heavy atom. The van der Waals surface area contributed by atoms with Crippen molar-refractivity contribution in [2.24, 2.45) is 0 Å². The number of nitrogen functional groups attached to an aromatic ring is 1. The van der Waals surface area contributed by atoms with Crippen molar-refractivity contribution in [1.29, 1.82) is 0 Å². The topological polar surface area (TPSA) is 72.9 Å². The van der Waals surface area contributed by atoms with Gasteiger partial charge in [-0.15, -0.1) is 0 Å². The molecule has 0 radical (unpaired) electrons. The maximum Gasteiger partial charge on any atom is 0.251 e. The molecule has 0 aliphatic heterocycles. The largest absolute Gasteiger partial charge is 0.398 e. The van der Waals surface area contributed by atoms with Crippen molar-refractivity contribution in [1.82, 2.24) is 15.1 Å². The fourth-order valence-electron chi connectivity index (χ4n) is 1.87. The number of nitrogens with zero attached hydrogens (tertiary/aromatic N) is 2. The molecule has 0 aliphatic carbocycles. The molecule has 5 nitrogen and oxygen atoms in total. The van der Waals surface area contributed by atoms with E-state index < -0.39 is 0 Å². The van der Waals surface area contributed by atoms with Crippen LogP contribution in [-0.2, 0) is 6.54 Å². The van der Waals surface area contributed by atoms with Gasteiger partial charge in [0.15, 0.2) is 0 Å². The first-order valence-electron chi connectivity index (χ1n) is 6.20. The number of carbonyl (C=O) groups excluding carboxylic acids is 1. The van der Waals surface area contributed by atoms with E-state index in [9.17, 15) is 4.79 Å². The standard InChI is InChI=1S/C14H18N4O/c1-10-8-17-18(9-10)7-6-16-14(19)12-4-3-5-13(15)11(12)2/h3-5,8-9H,6-7,15H2,1-2H3,(H,16,19). The molecule has 2 rings (SSSR count). The average molecular weight is 258 g/mol. The first-order valence-corrected chi connectivity index (χ1v) is 6.20. The number of rotatable bonds is 4. The zero-order chi connectivity index (χ0) is 13.8. The molecule has 2 aromatic rings. The molecule has 1 aromatic carbocycles. The van der Waals surface area contributed by atoms with Gasteiger partial charge in [0.2, 0.25) is 0 Å². The van der Waals surface area contributed by atoms with E-state index in [1.165, 1.54) is 0 Å². The van der Waals surface area contributed by atoms with Crippen LogP contribution in [0, 0.1) is 13.8 Å². The number of benzene rings is 1. The molecule has 1 aromatic heterocycles. The van der Waals surface area contributed by atoms with Crippen molar-refractivity contribution in [2.75, 3.05) is 12.3 Å². The molecule has 0 atom stereocenters. The zero-order valence-corrected chi connectivity index (χ0v) is 11.2. The number of hydrogen-bond acceptors (Lipinski definition) is 3. The van der Waals surface area contributed by atoms with E-state index >= 15 is 0 Å². The summed E-state index contributed by atoms with van der Waals surface area (Å²) < 4.78 is 1.81. The maximum atomic E-state index is 12.0. The number of amides is 1. The van der Waals surface area contributed by atoms with Crippen molar-refractivity contribution >= 4 is 11.6 Å². The number of nitrogens with one attached hydrogen (secondary N) is 1. The Hall–Kier alpha value is -2.30. The molecule has 0 unspecified atom stereocenters. The van der Waals surface area contributed by atoms with Crippen LogP contribution < -0.4 is 11.1 Å². The van der Waals surface area contributed by atoms with Gasteiger partial charge in [0.25, 0.3) is 5.91 Å². The molecule has 100 valence electrons. The van der Waals surface area contributed by atoms with Gasteiger partial charge in [-0.2, -0.15) is 5.10 Å². The molecule has 3 N–H and O–H groups in total. The van der Waals surface area contributed by atoms with Crippen LogP contribution >= 0.6 is 0 Å².